The Morgan fingerprint density at radius 1 is 1.47 bits per heavy atom. The van der Waals surface area contributed by atoms with Crippen LogP contribution in [0, 0.1) is 3.70 Å². The summed E-state index contributed by atoms with van der Waals surface area (Å²) in [6.07, 6.45) is -2.88. The van der Waals surface area contributed by atoms with Gasteiger partial charge in [-0.15, -0.1) is 0 Å². The lowest BCUT2D eigenvalue weighted by Crippen LogP contribution is -2.17. The molecule has 0 unspecified atom stereocenters. The molecule has 0 atom stereocenters. The van der Waals surface area contributed by atoms with E-state index >= 15 is 0 Å². The van der Waals surface area contributed by atoms with E-state index in [-0.39, 0.29) is 3.70 Å². The van der Waals surface area contributed by atoms with Crippen LogP contribution in [-0.2, 0) is 9.05 Å². The number of hydrogen-bond donors (Lipinski definition) is 1. The zero-order chi connectivity index (χ0) is 11.8. The number of pyridine rings is 1. The van der Waals surface area contributed by atoms with E-state index in [1.165, 1.54) is 22.6 Å². The maximum absolute atomic E-state index is 12.4. The van der Waals surface area contributed by atoms with E-state index < -0.39 is 31.5 Å². The summed E-state index contributed by atoms with van der Waals surface area (Å²) in [6.45, 7) is 0. The highest BCUT2D eigenvalue weighted by atomic mass is 127. The molecule has 1 heterocycles. The first-order valence-electron chi connectivity index (χ1n) is 3.39. The Hall–Kier alpha value is -0.220. The fourth-order valence-corrected chi connectivity index (χ4v) is 2.36. The normalized spacial score (nSPS) is 12.1. The van der Waals surface area contributed by atoms with Crippen molar-refractivity contribution in [1.82, 2.24) is 4.98 Å². The summed E-state index contributed by atoms with van der Waals surface area (Å²) in [5.41, 5.74) is -1.59. The highest BCUT2D eigenvalue weighted by molar-refractivity contribution is 14.1. The van der Waals surface area contributed by atoms with Gasteiger partial charge < -0.3 is 4.98 Å². The number of alkyl halides is 2. The molecule has 0 saturated heterocycles. The fourth-order valence-electron chi connectivity index (χ4n) is 0.843. The monoisotopic (exact) mass is 369 g/mol. The van der Waals surface area contributed by atoms with E-state index in [2.05, 4.69) is 0 Å². The number of nitrogens with one attached hydrogen (secondary N) is 1. The van der Waals surface area contributed by atoms with Gasteiger partial charge in [-0.05, 0) is 28.7 Å². The Morgan fingerprint density at radius 2 is 2.00 bits per heavy atom. The summed E-state index contributed by atoms with van der Waals surface area (Å²) in [5, 5.41) is 0. The number of rotatable bonds is 2. The van der Waals surface area contributed by atoms with Gasteiger partial charge in [-0.2, -0.15) is 0 Å². The van der Waals surface area contributed by atoms with E-state index in [1.54, 1.807) is 0 Å². The van der Waals surface area contributed by atoms with Gasteiger partial charge in [0.15, 0.2) is 0 Å². The van der Waals surface area contributed by atoms with Crippen LogP contribution in [0.1, 0.15) is 12.0 Å². The Morgan fingerprint density at radius 3 is 2.40 bits per heavy atom. The van der Waals surface area contributed by atoms with Gasteiger partial charge in [-0.1, -0.05) is 0 Å². The van der Waals surface area contributed by atoms with Crippen LogP contribution < -0.4 is 5.56 Å². The maximum Gasteiger partial charge on any atom is 0.268 e. The number of halogens is 4. The standard InChI is InChI=1S/C6H3ClF2INO3S/c7-15(13,14)3-1-2(4(8)9)5(10)11-6(3)12/h1,4H,(H,11,12). The largest absolute Gasteiger partial charge is 0.316 e. The van der Waals surface area contributed by atoms with Crippen LogP contribution >= 0.6 is 33.3 Å². The number of aromatic amines is 1. The molecule has 0 radical (unpaired) electrons. The van der Waals surface area contributed by atoms with Crippen LogP contribution in [0.2, 0.25) is 0 Å². The molecule has 4 nitrogen and oxygen atoms in total. The predicted octanol–water partition coefficient (Wildman–Crippen LogP) is 1.84. The van der Waals surface area contributed by atoms with Crippen molar-refractivity contribution in [3.05, 3.63) is 25.7 Å². The second kappa shape index (κ2) is 4.34. The highest BCUT2D eigenvalue weighted by Gasteiger charge is 2.21. The first-order valence-corrected chi connectivity index (χ1v) is 6.78. The molecule has 0 saturated carbocycles. The minimum atomic E-state index is -4.31. The summed E-state index contributed by atoms with van der Waals surface area (Å²) in [7, 11) is 0.583. The summed E-state index contributed by atoms with van der Waals surface area (Å²) >= 11 is 1.47. The van der Waals surface area contributed by atoms with E-state index in [0.717, 1.165) is 0 Å². The second-order valence-corrected chi connectivity index (χ2v) is 6.08. The molecule has 1 rings (SSSR count). The Labute approximate surface area is 101 Å². The van der Waals surface area contributed by atoms with Gasteiger partial charge in [0.1, 0.15) is 4.90 Å². The van der Waals surface area contributed by atoms with E-state index in [9.17, 15) is 22.0 Å². The number of aromatic nitrogens is 1. The second-order valence-electron chi connectivity index (χ2n) is 2.47. The predicted molar refractivity (Wildman–Crippen MR) is 57.8 cm³/mol. The average molecular weight is 370 g/mol. The minimum absolute atomic E-state index is 0.114. The maximum atomic E-state index is 12.4. The molecule has 0 aliphatic rings. The molecule has 1 N–H and O–H groups in total. The van der Waals surface area contributed by atoms with E-state index in [0.29, 0.717) is 6.07 Å². The molecule has 1 aromatic heterocycles. The fraction of sp³-hybridized carbons (Fsp3) is 0.167. The highest BCUT2D eigenvalue weighted by Crippen LogP contribution is 2.24. The van der Waals surface area contributed by atoms with Crippen molar-refractivity contribution in [2.45, 2.75) is 11.3 Å². The summed E-state index contributed by atoms with van der Waals surface area (Å²) in [5.74, 6) is 0. The molecule has 0 amide bonds. The van der Waals surface area contributed by atoms with Crippen LogP contribution in [0.25, 0.3) is 0 Å². The first-order chi connectivity index (χ1) is 6.73. The Kier molecular flexibility index (Phi) is 3.71. The molecule has 9 heteroatoms. The smallest absolute Gasteiger partial charge is 0.268 e. The lowest BCUT2D eigenvalue weighted by molar-refractivity contribution is 0.149. The topological polar surface area (TPSA) is 67.0 Å². The third-order valence-corrected chi connectivity index (χ3v) is 3.70. The number of H-pyrrole nitrogens is 1. The molecular weight excluding hydrogens is 366 g/mol. The van der Waals surface area contributed by atoms with Gasteiger partial charge in [0.25, 0.3) is 21.0 Å². The summed E-state index contributed by atoms with van der Waals surface area (Å²) in [6, 6.07) is 0.577. The first kappa shape index (κ1) is 12.8. The van der Waals surface area contributed by atoms with Crippen LogP contribution in [0.15, 0.2) is 15.8 Å². The van der Waals surface area contributed by atoms with E-state index in [1.807, 2.05) is 4.98 Å². The lowest BCUT2D eigenvalue weighted by Gasteiger charge is -2.04. The molecule has 84 valence electrons. The molecule has 0 fully saturated rings. The van der Waals surface area contributed by atoms with Gasteiger partial charge in [-0.25, -0.2) is 17.2 Å². The van der Waals surface area contributed by atoms with Crippen LogP contribution in [0.3, 0.4) is 0 Å². The van der Waals surface area contributed by atoms with Crippen molar-refractivity contribution < 1.29 is 17.2 Å². The van der Waals surface area contributed by atoms with Gasteiger partial charge in [0.2, 0.25) is 0 Å². The van der Waals surface area contributed by atoms with Crippen molar-refractivity contribution in [3.8, 4) is 0 Å². The molecule has 0 spiro atoms. The van der Waals surface area contributed by atoms with Gasteiger partial charge in [0, 0.05) is 16.2 Å². The Balaban J connectivity index is 3.58. The van der Waals surface area contributed by atoms with Gasteiger partial charge >= 0.3 is 0 Å². The van der Waals surface area contributed by atoms with Crippen molar-refractivity contribution in [1.29, 1.82) is 0 Å². The lowest BCUT2D eigenvalue weighted by atomic mass is 10.3. The molecule has 15 heavy (non-hydrogen) atoms. The van der Waals surface area contributed by atoms with Gasteiger partial charge in [-0.3, -0.25) is 4.79 Å². The molecule has 0 bridgehead atoms. The van der Waals surface area contributed by atoms with Crippen molar-refractivity contribution in [2.24, 2.45) is 0 Å². The van der Waals surface area contributed by atoms with Crippen molar-refractivity contribution >= 4 is 42.3 Å². The molecule has 0 aliphatic heterocycles. The molecule has 0 aromatic carbocycles. The molecule has 0 aliphatic carbocycles. The zero-order valence-electron chi connectivity index (χ0n) is 6.80. The van der Waals surface area contributed by atoms with E-state index in [4.69, 9.17) is 10.7 Å². The minimum Gasteiger partial charge on any atom is -0.316 e. The van der Waals surface area contributed by atoms with Gasteiger partial charge in [0.05, 0.1) is 3.70 Å². The summed E-state index contributed by atoms with van der Waals surface area (Å²) in [4.78, 5) is 12.2. The molecule has 1 aromatic rings. The SMILES string of the molecule is O=c1[nH]c(I)c(C(F)F)cc1S(=O)(=O)Cl. The quantitative estimate of drug-likeness (QED) is 0.491. The summed E-state index contributed by atoms with van der Waals surface area (Å²) < 4.78 is 46.3. The van der Waals surface area contributed by atoms with Crippen LogP contribution in [0.4, 0.5) is 8.78 Å². The Bertz CT molecular complexity index is 542. The van der Waals surface area contributed by atoms with Crippen LogP contribution in [0.5, 0.6) is 0 Å². The van der Waals surface area contributed by atoms with Crippen molar-refractivity contribution in [2.75, 3.05) is 0 Å². The molecular formula is C6H3ClF2INO3S. The van der Waals surface area contributed by atoms with Crippen LogP contribution in [-0.4, -0.2) is 13.4 Å². The third kappa shape index (κ3) is 2.88. The number of hydrogen-bond acceptors (Lipinski definition) is 3. The van der Waals surface area contributed by atoms with Crippen molar-refractivity contribution in [3.63, 3.8) is 0 Å². The third-order valence-electron chi connectivity index (χ3n) is 1.48. The average Bonchev–Trinajstić information content (AvgIpc) is 2.00. The zero-order valence-corrected chi connectivity index (χ0v) is 10.5.